The van der Waals surface area contributed by atoms with Crippen molar-refractivity contribution in [3.05, 3.63) is 0 Å². The van der Waals surface area contributed by atoms with Crippen LogP contribution in [0.4, 0.5) is 0 Å². The third kappa shape index (κ3) is 3.39. The molecule has 0 aliphatic rings. The Bertz CT molecular complexity index is 116. The summed E-state index contributed by atoms with van der Waals surface area (Å²) in [5, 5.41) is 25.7. The molecular weight excluding hydrogens is 138 g/mol. The van der Waals surface area contributed by atoms with Gasteiger partial charge in [0, 0.05) is 0 Å². The van der Waals surface area contributed by atoms with Gasteiger partial charge in [0.05, 0.1) is 19.1 Å². The van der Waals surface area contributed by atoms with Crippen LogP contribution >= 0.6 is 0 Å². The Morgan fingerprint density at radius 3 is 2.20 bits per heavy atom. The van der Waals surface area contributed by atoms with Gasteiger partial charge in [0.25, 0.3) is 0 Å². The molecule has 0 bridgehead atoms. The molecular formula is C5H11NO4. The second-order valence-electron chi connectivity index (χ2n) is 1.99. The molecule has 1 amide bonds. The van der Waals surface area contributed by atoms with Crippen molar-refractivity contribution in [2.24, 2.45) is 5.73 Å². The Hall–Kier alpha value is -0.650. The molecule has 10 heavy (non-hydrogen) atoms. The summed E-state index contributed by atoms with van der Waals surface area (Å²) < 4.78 is 0. The molecule has 0 aromatic rings. The van der Waals surface area contributed by atoms with E-state index in [0.717, 1.165) is 0 Å². The quantitative estimate of drug-likeness (QED) is 0.357. The maximum Gasteiger partial charge on any atom is 0.220 e. The molecule has 0 aromatic carbocycles. The second kappa shape index (κ2) is 4.21. The summed E-state index contributed by atoms with van der Waals surface area (Å²) in [7, 11) is 0. The van der Waals surface area contributed by atoms with Gasteiger partial charge in [-0.2, -0.15) is 0 Å². The minimum absolute atomic E-state index is 0.332. The Morgan fingerprint density at radius 2 is 1.90 bits per heavy atom. The predicted octanol–water partition coefficient (Wildman–Crippen LogP) is -2.42. The van der Waals surface area contributed by atoms with E-state index in [1.165, 1.54) is 0 Å². The molecule has 5 heteroatoms. The smallest absolute Gasteiger partial charge is 0.220 e. The minimum atomic E-state index is -1.28. The molecule has 0 saturated carbocycles. The zero-order valence-electron chi connectivity index (χ0n) is 5.40. The number of nitrogens with two attached hydrogens (primary N) is 1. The van der Waals surface area contributed by atoms with E-state index < -0.39 is 24.7 Å². The molecule has 0 aliphatic heterocycles. The van der Waals surface area contributed by atoms with E-state index in [9.17, 15) is 4.79 Å². The molecule has 0 heterocycles. The van der Waals surface area contributed by atoms with Crippen molar-refractivity contribution in [3.8, 4) is 0 Å². The molecule has 0 radical (unpaired) electrons. The fourth-order valence-electron chi connectivity index (χ4n) is 0.464. The third-order valence-corrected chi connectivity index (χ3v) is 1.04. The van der Waals surface area contributed by atoms with Crippen molar-refractivity contribution in [1.82, 2.24) is 0 Å². The van der Waals surface area contributed by atoms with Crippen LogP contribution in [-0.2, 0) is 4.79 Å². The zero-order chi connectivity index (χ0) is 8.15. The molecule has 0 unspecified atom stereocenters. The first-order valence-electron chi connectivity index (χ1n) is 2.83. The van der Waals surface area contributed by atoms with Gasteiger partial charge in [-0.3, -0.25) is 4.79 Å². The van der Waals surface area contributed by atoms with Crippen molar-refractivity contribution in [2.45, 2.75) is 18.6 Å². The zero-order valence-corrected chi connectivity index (χ0v) is 5.40. The summed E-state index contributed by atoms with van der Waals surface area (Å²) in [5.41, 5.74) is 4.69. The van der Waals surface area contributed by atoms with Gasteiger partial charge in [-0.15, -0.1) is 0 Å². The van der Waals surface area contributed by atoms with Crippen LogP contribution in [0, 0.1) is 0 Å². The molecule has 60 valence electrons. The van der Waals surface area contributed by atoms with Crippen LogP contribution in [0.3, 0.4) is 0 Å². The highest BCUT2D eigenvalue weighted by molar-refractivity contribution is 5.74. The van der Waals surface area contributed by atoms with E-state index in [1.807, 2.05) is 0 Å². The SMILES string of the molecule is NC(=O)C[C@H](O)[C@H](O)CO. The highest BCUT2D eigenvalue weighted by Gasteiger charge is 2.16. The number of aliphatic hydroxyl groups excluding tert-OH is 3. The maximum atomic E-state index is 10.1. The van der Waals surface area contributed by atoms with Gasteiger partial charge in [-0.1, -0.05) is 0 Å². The molecule has 0 saturated heterocycles. The second-order valence-corrected chi connectivity index (χ2v) is 1.99. The standard InChI is InChI=1S/C5H11NO4/c6-5(10)1-3(8)4(9)2-7/h3-4,7-9H,1-2H2,(H2,6,10)/t3-,4+/m0/s1. The molecule has 0 rings (SSSR count). The van der Waals surface area contributed by atoms with Gasteiger partial charge in [-0.25, -0.2) is 0 Å². The lowest BCUT2D eigenvalue weighted by atomic mass is 10.1. The van der Waals surface area contributed by atoms with E-state index in [0.29, 0.717) is 0 Å². The predicted molar refractivity (Wildman–Crippen MR) is 32.9 cm³/mol. The Balaban J connectivity index is 3.61. The van der Waals surface area contributed by atoms with E-state index in [1.54, 1.807) is 0 Å². The van der Waals surface area contributed by atoms with Gasteiger partial charge >= 0.3 is 0 Å². The Morgan fingerprint density at radius 1 is 1.40 bits per heavy atom. The lowest BCUT2D eigenvalue weighted by Crippen LogP contribution is -2.33. The highest BCUT2D eigenvalue weighted by atomic mass is 16.4. The van der Waals surface area contributed by atoms with Crippen LogP contribution in [0.15, 0.2) is 0 Å². The number of amides is 1. The molecule has 0 fully saturated rings. The fraction of sp³-hybridized carbons (Fsp3) is 0.800. The number of hydrogen-bond acceptors (Lipinski definition) is 4. The number of hydrogen-bond donors (Lipinski definition) is 4. The van der Waals surface area contributed by atoms with Crippen LogP contribution in [0.5, 0.6) is 0 Å². The number of primary amides is 1. The van der Waals surface area contributed by atoms with E-state index >= 15 is 0 Å². The fourth-order valence-corrected chi connectivity index (χ4v) is 0.464. The van der Waals surface area contributed by atoms with Crippen molar-refractivity contribution in [3.63, 3.8) is 0 Å². The van der Waals surface area contributed by atoms with Gasteiger partial charge in [-0.05, 0) is 0 Å². The molecule has 0 aromatic heterocycles. The number of rotatable bonds is 4. The van der Waals surface area contributed by atoms with E-state index in [-0.39, 0.29) is 6.42 Å². The lowest BCUT2D eigenvalue weighted by Gasteiger charge is -2.12. The summed E-state index contributed by atoms with van der Waals surface area (Å²) in [4.78, 5) is 10.1. The highest BCUT2D eigenvalue weighted by Crippen LogP contribution is 1.96. The lowest BCUT2D eigenvalue weighted by molar-refractivity contribution is -0.122. The van der Waals surface area contributed by atoms with E-state index in [2.05, 4.69) is 0 Å². The topological polar surface area (TPSA) is 104 Å². The first kappa shape index (κ1) is 9.35. The molecule has 0 spiro atoms. The number of carbonyl (C=O) groups excluding carboxylic acids is 1. The largest absolute Gasteiger partial charge is 0.394 e. The summed E-state index contributed by atoms with van der Waals surface area (Å²) in [5.74, 6) is -0.708. The number of carbonyl (C=O) groups is 1. The van der Waals surface area contributed by atoms with Gasteiger partial charge in [0.1, 0.15) is 6.10 Å². The van der Waals surface area contributed by atoms with Gasteiger partial charge in [0.15, 0.2) is 0 Å². The minimum Gasteiger partial charge on any atom is -0.394 e. The average molecular weight is 149 g/mol. The maximum absolute atomic E-state index is 10.1. The van der Waals surface area contributed by atoms with Crippen LogP contribution in [-0.4, -0.2) is 40.0 Å². The Labute approximate surface area is 58.1 Å². The van der Waals surface area contributed by atoms with Crippen LogP contribution in [0.2, 0.25) is 0 Å². The van der Waals surface area contributed by atoms with Crippen LogP contribution in [0.1, 0.15) is 6.42 Å². The van der Waals surface area contributed by atoms with Gasteiger partial charge < -0.3 is 21.1 Å². The molecule has 2 atom stereocenters. The van der Waals surface area contributed by atoms with Crippen molar-refractivity contribution in [1.29, 1.82) is 0 Å². The average Bonchev–Trinajstić information content (AvgIpc) is 1.85. The molecule has 5 nitrogen and oxygen atoms in total. The van der Waals surface area contributed by atoms with Crippen LogP contribution < -0.4 is 5.73 Å². The third-order valence-electron chi connectivity index (χ3n) is 1.04. The van der Waals surface area contributed by atoms with Gasteiger partial charge in [0.2, 0.25) is 5.91 Å². The van der Waals surface area contributed by atoms with E-state index in [4.69, 9.17) is 21.1 Å². The summed E-state index contributed by atoms with van der Waals surface area (Å²) in [6.07, 6.45) is -2.88. The monoisotopic (exact) mass is 149 g/mol. The summed E-state index contributed by atoms with van der Waals surface area (Å²) >= 11 is 0. The summed E-state index contributed by atoms with van der Waals surface area (Å²) in [6, 6.07) is 0. The Kier molecular flexibility index (Phi) is 3.94. The number of aliphatic hydroxyl groups is 3. The van der Waals surface area contributed by atoms with Crippen molar-refractivity contribution < 1.29 is 20.1 Å². The van der Waals surface area contributed by atoms with Crippen molar-refractivity contribution >= 4 is 5.91 Å². The first-order chi connectivity index (χ1) is 4.57. The molecule has 5 N–H and O–H groups in total. The normalized spacial score (nSPS) is 16.3. The van der Waals surface area contributed by atoms with Crippen molar-refractivity contribution in [2.75, 3.05) is 6.61 Å². The first-order valence-corrected chi connectivity index (χ1v) is 2.83. The summed E-state index contributed by atoms with van der Waals surface area (Å²) in [6.45, 7) is -0.575. The molecule has 0 aliphatic carbocycles. The van der Waals surface area contributed by atoms with Crippen LogP contribution in [0.25, 0.3) is 0 Å².